The van der Waals surface area contributed by atoms with Gasteiger partial charge >= 0.3 is 11.7 Å². The van der Waals surface area contributed by atoms with Gasteiger partial charge in [0.05, 0.1) is 0 Å². The van der Waals surface area contributed by atoms with Gasteiger partial charge in [-0.2, -0.15) is 0 Å². The maximum Gasteiger partial charge on any atom is 0.410 e. The van der Waals surface area contributed by atoms with Crippen LogP contribution in [0.4, 0.5) is 16.2 Å². The maximum absolute atomic E-state index is 12.1. The van der Waals surface area contributed by atoms with E-state index in [0.717, 1.165) is 11.1 Å². The summed E-state index contributed by atoms with van der Waals surface area (Å²) in [6.45, 7) is 8.19. The number of carbonyl (C=O) groups is 1. The number of hydrogen-bond acceptors (Lipinski definition) is 6. The second-order valence-electron chi connectivity index (χ2n) is 7.17. The van der Waals surface area contributed by atoms with Gasteiger partial charge in [-0.25, -0.2) is 9.59 Å². The fourth-order valence-corrected chi connectivity index (χ4v) is 2.80. The van der Waals surface area contributed by atoms with E-state index in [0.29, 0.717) is 31.8 Å². The molecule has 3 rings (SSSR count). The fraction of sp³-hybridized carbons (Fsp3) is 0.444. The number of nitrogen functional groups attached to an aromatic ring is 1. The quantitative estimate of drug-likeness (QED) is 0.799. The van der Waals surface area contributed by atoms with E-state index in [1.165, 1.54) is 0 Å². The molecule has 0 aliphatic carbocycles. The van der Waals surface area contributed by atoms with Crippen molar-refractivity contribution in [3.8, 4) is 0 Å². The van der Waals surface area contributed by atoms with Gasteiger partial charge in [0.15, 0.2) is 0 Å². The molecule has 2 heterocycles. The Morgan fingerprint density at radius 2 is 1.84 bits per heavy atom. The van der Waals surface area contributed by atoms with Crippen molar-refractivity contribution in [1.29, 1.82) is 0 Å². The molecule has 0 bridgehead atoms. The highest BCUT2D eigenvalue weighted by Crippen LogP contribution is 2.24. The average Bonchev–Trinajstić information content (AvgIpc) is 2.54. The number of benzene rings is 1. The first kappa shape index (κ1) is 17.1. The molecule has 0 atom stereocenters. The summed E-state index contributed by atoms with van der Waals surface area (Å²) in [7, 11) is 0. The number of carbonyl (C=O) groups excluding carboxylic acids is 1. The van der Waals surface area contributed by atoms with E-state index in [9.17, 15) is 9.59 Å². The molecule has 1 aliphatic rings. The van der Waals surface area contributed by atoms with Gasteiger partial charge in [-0.3, -0.25) is 0 Å². The van der Waals surface area contributed by atoms with E-state index in [1.807, 2.05) is 32.9 Å². The van der Waals surface area contributed by atoms with Crippen LogP contribution in [0.3, 0.4) is 0 Å². The number of anilines is 2. The standard InChI is InChI=1S/C18H23N3O4/c1-18(2,3)25-17(23)21-8-6-20(7-9-21)13-4-5-15-12(10-13)11-14(19)16(22)24-15/h4-5,10-11H,6-9,19H2,1-3H3. The van der Waals surface area contributed by atoms with E-state index in [2.05, 4.69) is 4.90 Å². The number of rotatable bonds is 1. The molecular formula is C18H23N3O4. The molecule has 0 spiro atoms. The molecule has 134 valence electrons. The minimum absolute atomic E-state index is 0.0967. The Morgan fingerprint density at radius 3 is 2.48 bits per heavy atom. The molecule has 7 nitrogen and oxygen atoms in total. The number of piperazine rings is 1. The number of ether oxygens (including phenoxy) is 1. The lowest BCUT2D eigenvalue weighted by Crippen LogP contribution is -2.50. The molecule has 2 N–H and O–H groups in total. The van der Waals surface area contributed by atoms with E-state index in [4.69, 9.17) is 14.9 Å². The van der Waals surface area contributed by atoms with Gasteiger partial charge in [0.2, 0.25) is 0 Å². The minimum Gasteiger partial charge on any atom is -0.444 e. The summed E-state index contributed by atoms with van der Waals surface area (Å²) in [5.41, 5.74) is 6.24. The molecule has 1 aromatic carbocycles. The zero-order valence-electron chi connectivity index (χ0n) is 14.7. The summed E-state index contributed by atoms with van der Waals surface area (Å²) in [5, 5.41) is 0.782. The predicted octanol–water partition coefficient (Wildman–Crippen LogP) is 2.43. The molecule has 1 aliphatic heterocycles. The molecule has 25 heavy (non-hydrogen) atoms. The molecule has 0 unspecified atom stereocenters. The highest BCUT2D eigenvalue weighted by Gasteiger charge is 2.26. The van der Waals surface area contributed by atoms with Crippen molar-refractivity contribution in [3.63, 3.8) is 0 Å². The van der Waals surface area contributed by atoms with Crippen LogP contribution in [0.1, 0.15) is 20.8 Å². The molecular weight excluding hydrogens is 322 g/mol. The maximum atomic E-state index is 12.1. The Balaban J connectivity index is 1.70. The van der Waals surface area contributed by atoms with Gasteiger partial charge in [0.1, 0.15) is 16.9 Å². The Kier molecular flexibility index (Phi) is 4.32. The third kappa shape index (κ3) is 3.87. The molecule has 0 saturated carbocycles. The zero-order valence-corrected chi connectivity index (χ0v) is 14.7. The highest BCUT2D eigenvalue weighted by atomic mass is 16.6. The Bertz CT molecular complexity index is 846. The first-order valence-corrected chi connectivity index (χ1v) is 8.29. The monoisotopic (exact) mass is 345 g/mol. The number of hydrogen-bond donors (Lipinski definition) is 1. The molecule has 1 saturated heterocycles. The number of amides is 1. The van der Waals surface area contributed by atoms with Crippen molar-refractivity contribution in [1.82, 2.24) is 4.90 Å². The van der Waals surface area contributed by atoms with Gasteiger partial charge in [0, 0.05) is 37.3 Å². The van der Waals surface area contributed by atoms with E-state index >= 15 is 0 Å². The van der Waals surface area contributed by atoms with Crippen molar-refractivity contribution in [3.05, 3.63) is 34.7 Å². The summed E-state index contributed by atoms with van der Waals surface area (Å²) >= 11 is 0. The molecule has 0 radical (unpaired) electrons. The third-order valence-corrected chi connectivity index (χ3v) is 4.04. The first-order chi connectivity index (χ1) is 11.7. The van der Waals surface area contributed by atoms with Crippen molar-refractivity contribution in [2.45, 2.75) is 26.4 Å². The molecule has 1 fully saturated rings. The van der Waals surface area contributed by atoms with Gasteiger partial charge in [-0.1, -0.05) is 0 Å². The van der Waals surface area contributed by atoms with Gasteiger partial charge in [-0.15, -0.1) is 0 Å². The summed E-state index contributed by atoms with van der Waals surface area (Å²) in [4.78, 5) is 27.5. The van der Waals surface area contributed by atoms with Crippen LogP contribution in [0, 0.1) is 0 Å². The zero-order chi connectivity index (χ0) is 18.2. The molecule has 2 aromatic rings. The first-order valence-electron chi connectivity index (χ1n) is 8.29. The lowest BCUT2D eigenvalue weighted by molar-refractivity contribution is 0.0240. The topological polar surface area (TPSA) is 89.0 Å². The fourth-order valence-electron chi connectivity index (χ4n) is 2.80. The van der Waals surface area contributed by atoms with Gasteiger partial charge < -0.3 is 24.7 Å². The largest absolute Gasteiger partial charge is 0.444 e. The van der Waals surface area contributed by atoms with Crippen LogP contribution >= 0.6 is 0 Å². The Labute approximate surface area is 145 Å². The van der Waals surface area contributed by atoms with Crippen LogP contribution in [0.5, 0.6) is 0 Å². The van der Waals surface area contributed by atoms with Crippen LogP contribution in [0.15, 0.2) is 33.5 Å². The smallest absolute Gasteiger partial charge is 0.410 e. The van der Waals surface area contributed by atoms with Crippen molar-refractivity contribution >= 4 is 28.4 Å². The van der Waals surface area contributed by atoms with Crippen LogP contribution in [-0.2, 0) is 4.74 Å². The summed E-state index contributed by atoms with van der Waals surface area (Å²) in [6.07, 6.45) is -0.278. The summed E-state index contributed by atoms with van der Waals surface area (Å²) in [5.74, 6) is 0. The normalized spacial score (nSPS) is 15.5. The second kappa shape index (κ2) is 6.31. The minimum atomic E-state index is -0.522. The SMILES string of the molecule is CC(C)(C)OC(=O)N1CCN(c2ccc3oc(=O)c(N)cc3c2)CC1. The Hall–Kier alpha value is -2.70. The van der Waals surface area contributed by atoms with Crippen LogP contribution in [0.2, 0.25) is 0 Å². The van der Waals surface area contributed by atoms with Gasteiger partial charge in [-0.05, 0) is 45.0 Å². The summed E-state index contributed by atoms with van der Waals surface area (Å²) in [6, 6.07) is 7.25. The lowest BCUT2D eigenvalue weighted by Gasteiger charge is -2.36. The van der Waals surface area contributed by atoms with E-state index < -0.39 is 11.2 Å². The molecule has 1 amide bonds. The number of nitrogens with zero attached hydrogens (tertiary/aromatic N) is 2. The molecule has 7 heteroatoms. The highest BCUT2D eigenvalue weighted by molar-refractivity contribution is 5.83. The van der Waals surface area contributed by atoms with Crippen molar-refractivity contribution in [2.75, 3.05) is 36.8 Å². The van der Waals surface area contributed by atoms with Crippen molar-refractivity contribution < 1.29 is 13.9 Å². The number of fused-ring (bicyclic) bond motifs is 1. The number of nitrogens with two attached hydrogens (primary N) is 1. The second-order valence-corrected chi connectivity index (χ2v) is 7.17. The third-order valence-electron chi connectivity index (χ3n) is 4.04. The van der Waals surface area contributed by atoms with E-state index in [-0.39, 0.29) is 11.8 Å². The van der Waals surface area contributed by atoms with E-state index in [1.54, 1.807) is 17.0 Å². The van der Waals surface area contributed by atoms with Gasteiger partial charge in [0.25, 0.3) is 0 Å². The summed E-state index contributed by atoms with van der Waals surface area (Å²) < 4.78 is 10.6. The predicted molar refractivity (Wildman–Crippen MR) is 96.9 cm³/mol. The molecule has 1 aromatic heterocycles. The Morgan fingerprint density at radius 1 is 1.16 bits per heavy atom. The van der Waals surface area contributed by atoms with Crippen LogP contribution in [-0.4, -0.2) is 42.8 Å². The van der Waals surface area contributed by atoms with Crippen LogP contribution < -0.4 is 16.3 Å². The lowest BCUT2D eigenvalue weighted by atomic mass is 10.1. The average molecular weight is 345 g/mol. The van der Waals surface area contributed by atoms with Crippen LogP contribution in [0.25, 0.3) is 11.0 Å². The van der Waals surface area contributed by atoms with Crippen molar-refractivity contribution in [2.24, 2.45) is 0 Å².